The van der Waals surface area contributed by atoms with Gasteiger partial charge >= 0.3 is 0 Å². The summed E-state index contributed by atoms with van der Waals surface area (Å²) in [4.78, 5) is 40.9. The predicted octanol–water partition coefficient (Wildman–Crippen LogP) is 1.40. The number of imide groups is 1. The molecular weight excluding hydrogens is 368 g/mol. The molecule has 156 valence electrons. The standard InChI is InChI=1S/C22H30N4O3/c1-14-4-3-11-25(18(14)9-10-23)12-15-5-2-6-16-17(15)13-26(22(16)29)19-7-8-20(27)24-21(19)28/h2,5-6,14,18-19H,3-4,7-13,23H2,1H3,(H,24,27,28). The number of amides is 3. The molecule has 0 spiro atoms. The van der Waals surface area contributed by atoms with E-state index < -0.39 is 6.04 Å². The first-order valence-electron chi connectivity index (χ1n) is 10.7. The van der Waals surface area contributed by atoms with E-state index in [2.05, 4.69) is 23.2 Å². The number of fused-ring (bicyclic) bond motifs is 1. The number of rotatable bonds is 5. The maximum Gasteiger partial charge on any atom is 0.255 e. The first-order chi connectivity index (χ1) is 14.0. The van der Waals surface area contributed by atoms with Crippen molar-refractivity contribution in [3.8, 4) is 0 Å². The molecule has 0 aromatic heterocycles. The van der Waals surface area contributed by atoms with Gasteiger partial charge in [0.1, 0.15) is 6.04 Å². The molecule has 7 nitrogen and oxygen atoms in total. The van der Waals surface area contributed by atoms with Gasteiger partial charge in [0.25, 0.3) is 5.91 Å². The highest BCUT2D eigenvalue weighted by Gasteiger charge is 2.40. The summed E-state index contributed by atoms with van der Waals surface area (Å²) >= 11 is 0. The van der Waals surface area contributed by atoms with Gasteiger partial charge in [-0.25, -0.2) is 0 Å². The van der Waals surface area contributed by atoms with Crippen molar-refractivity contribution in [1.82, 2.24) is 15.1 Å². The Labute approximate surface area is 171 Å². The molecule has 3 N–H and O–H groups in total. The number of hydrogen-bond donors (Lipinski definition) is 2. The first-order valence-corrected chi connectivity index (χ1v) is 10.7. The molecule has 0 radical (unpaired) electrons. The highest BCUT2D eigenvalue weighted by molar-refractivity contribution is 6.05. The van der Waals surface area contributed by atoms with Crippen molar-refractivity contribution in [2.45, 2.75) is 64.2 Å². The van der Waals surface area contributed by atoms with Gasteiger partial charge in [-0.05, 0) is 61.9 Å². The Bertz CT molecular complexity index is 824. The van der Waals surface area contributed by atoms with Crippen molar-refractivity contribution in [2.75, 3.05) is 13.1 Å². The minimum atomic E-state index is -0.569. The first kappa shape index (κ1) is 20.0. The van der Waals surface area contributed by atoms with E-state index >= 15 is 0 Å². The lowest BCUT2D eigenvalue weighted by Crippen LogP contribution is -2.52. The van der Waals surface area contributed by atoms with E-state index in [1.54, 1.807) is 4.90 Å². The maximum absolute atomic E-state index is 13.0. The summed E-state index contributed by atoms with van der Waals surface area (Å²) in [7, 11) is 0. The summed E-state index contributed by atoms with van der Waals surface area (Å²) in [6.45, 7) is 5.26. The molecular formula is C22H30N4O3. The van der Waals surface area contributed by atoms with Crippen LogP contribution in [-0.4, -0.2) is 52.7 Å². The zero-order chi connectivity index (χ0) is 20.5. The van der Waals surface area contributed by atoms with Crippen LogP contribution in [0, 0.1) is 5.92 Å². The summed E-state index contributed by atoms with van der Waals surface area (Å²) < 4.78 is 0. The minimum Gasteiger partial charge on any atom is -0.330 e. The van der Waals surface area contributed by atoms with Gasteiger partial charge in [0.2, 0.25) is 11.8 Å². The molecule has 2 saturated heterocycles. The fourth-order valence-corrected chi connectivity index (χ4v) is 5.19. The second-order valence-corrected chi connectivity index (χ2v) is 8.58. The number of nitrogens with two attached hydrogens (primary N) is 1. The molecule has 3 unspecified atom stereocenters. The van der Waals surface area contributed by atoms with Crippen molar-refractivity contribution >= 4 is 17.7 Å². The van der Waals surface area contributed by atoms with Gasteiger partial charge in [-0.1, -0.05) is 19.1 Å². The predicted molar refractivity (Wildman–Crippen MR) is 109 cm³/mol. The van der Waals surface area contributed by atoms with Crippen LogP contribution in [0.15, 0.2) is 18.2 Å². The van der Waals surface area contributed by atoms with Crippen LogP contribution in [0.1, 0.15) is 60.5 Å². The lowest BCUT2D eigenvalue weighted by atomic mass is 9.88. The van der Waals surface area contributed by atoms with Crippen molar-refractivity contribution in [1.29, 1.82) is 0 Å². The molecule has 4 rings (SSSR count). The number of carbonyl (C=O) groups is 3. The summed E-state index contributed by atoms with van der Waals surface area (Å²) in [6.07, 6.45) is 4.06. The molecule has 0 bridgehead atoms. The molecule has 3 aliphatic rings. The van der Waals surface area contributed by atoms with Crippen LogP contribution in [0.2, 0.25) is 0 Å². The number of nitrogens with one attached hydrogen (secondary N) is 1. The molecule has 1 aromatic rings. The molecule has 0 saturated carbocycles. The summed E-state index contributed by atoms with van der Waals surface area (Å²) in [6, 6.07) is 5.78. The fourth-order valence-electron chi connectivity index (χ4n) is 5.19. The summed E-state index contributed by atoms with van der Waals surface area (Å²) in [5, 5.41) is 2.37. The number of likely N-dealkylation sites (tertiary alicyclic amines) is 1. The fraction of sp³-hybridized carbons (Fsp3) is 0.591. The summed E-state index contributed by atoms with van der Waals surface area (Å²) in [5.74, 6) is -0.120. The summed E-state index contributed by atoms with van der Waals surface area (Å²) in [5.41, 5.74) is 8.73. The molecule has 0 aliphatic carbocycles. The number of piperidine rings is 2. The van der Waals surface area contributed by atoms with Crippen molar-refractivity contribution < 1.29 is 14.4 Å². The molecule has 3 aliphatic heterocycles. The maximum atomic E-state index is 13.0. The van der Waals surface area contributed by atoms with Gasteiger partial charge in [-0.15, -0.1) is 0 Å². The van der Waals surface area contributed by atoms with E-state index in [1.165, 1.54) is 12.8 Å². The van der Waals surface area contributed by atoms with Crippen molar-refractivity contribution in [2.24, 2.45) is 11.7 Å². The smallest absolute Gasteiger partial charge is 0.255 e. The zero-order valence-corrected chi connectivity index (χ0v) is 17.0. The molecule has 3 heterocycles. The van der Waals surface area contributed by atoms with Gasteiger partial charge in [-0.3, -0.25) is 24.6 Å². The third-order valence-corrected chi connectivity index (χ3v) is 6.75. The number of benzene rings is 1. The van der Waals surface area contributed by atoms with Crippen molar-refractivity contribution in [3.63, 3.8) is 0 Å². The lowest BCUT2D eigenvalue weighted by molar-refractivity contribution is -0.136. The van der Waals surface area contributed by atoms with E-state index in [1.807, 2.05) is 12.1 Å². The average molecular weight is 399 g/mol. The van der Waals surface area contributed by atoms with Gasteiger partial charge in [0.15, 0.2) is 0 Å². The van der Waals surface area contributed by atoms with Crippen LogP contribution in [-0.2, 0) is 22.7 Å². The van der Waals surface area contributed by atoms with E-state index in [0.29, 0.717) is 37.0 Å². The van der Waals surface area contributed by atoms with Crippen LogP contribution in [0.3, 0.4) is 0 Å². The monoisotopic (exact) mass is 398 g/mol. The van der Waals surface area contributed by atoms with E-state index in [-0.39, 0.29) is 24.1 Å². The van der Waals surface area contributed by atoms with Crippen LogP contribution in [0.4, 0.5) is 0 Å². The van der Waals surface area contributed by atoms with E-state index in [4.69, 9.17) is 5.73 Å². The second kappa shape index (κ2) is 8.24. The Morgan fingerprint density at radius 3 is 2.79 bits per heavy atom. The van der Waals surface area contributed by atoms with Gasteiger partial charge < -0.3 is 10.6 Å². The van der Waals surface area contributed by atoms with Crippen LogP contribution in [0.25, 0.3) is 0 Å². The largest absolute Gasteiger partial charge is 0.330 e. The van der Waals surface area contributed by atoms with Crippen LogP contribution in [0.5, 0.6) is 0 Å². The Morgan fingerprint density at radius 2 is 2.03 bits per heavy atom. The third-order valence-electron chi connectivity index (χ3n) is 6.75. The highest BCUT2D eigenvalue weighted by Crippen LogP contribution is 2.32. The number of hydrogen-bond acceptors (Lipinski definition) is 5. The van der Waals surface area contributed by atoms with Gasteiger partial charge in [-0.2, -0.15) is 0 Å². The molecule has 1 aromatic carbocycles. The molecule has 2 fully saturated rings. The zero-order valence-electron chi connectivity index (χ0n) is 17.0. The highest BCUT2D eigenvalue weighted by atomic mass is 16.2. The Kier molecular flexibility index (Phi) is 5.69. The van der Waals surface area contributed by atoms with Gasteiger partial charge in [0, 0.05) is 31.1 Å². The van der Waals surface area contributed by atoms with Crippen LogP contribution >= 0.6 is 0 Å². The number of carbonyl (C=O) groups excluding carboxylic acids is 3. The average Bonchev–Trinajstić information content (AvgIpc) is 3.02. The quantitative estimate of drug-likeness (QED) is 0.731. The molecule has 3 atom stereocenters. The Hall–Kier alpha value is -2.25. The second-order valence-electron chi connectivity index (χ2n) is 8.58. The topological polar surface area (TPSA) is 95.7 Å². The lowest BCUT2D eigenvalue weighted by Gasteiger charge is -2.40. The van der Waals surface area contributed by atoms with E-state index in [0.717, 1.165) is 30.6 Å². The minimum absolute atomic E-state index is 0.109. The normalized spacial score (nSPS) is 27.9. The van der Waals surface area contributed by atoms with Crippen LogP contribution < -0.4 is 11.1 Å². The Balaban J connectivity index is 1.55. The van der Waals surface area contributed by atoms with Gasteiger partial charge in [0.05, 0.1) is 0 Å². The third kappa shape index (κ3) is 3.81. The molecule has 29 heavy (non-hydrogen) atoms. The molecule has 3 amide bonds. The Morgan fingerprint density at radius 1 is 1.21 bits per heavy atom. The van der Waals surface area contributed by atoms with Crippen molar-refractivity contribution in [3.05, 3.63) is 34.9 Å². The molecule has 7 heteroatoms. The SMILES string of the molecule is CC1CCCN(Cc2cccc3c2CN(C2CCC(=O)NC2=O)C3=O)C1CCN. The van der Waals surface area contributed by atoms with E-state index in [9.17, 15) is 14.4 Å². The number of nitrogens with zero attached hydrogens (tertiary/aromatic N) is 2.